The van der Waals surface area contributed by atoms with E-state index < -0.39 is 0 Å². The second kappa shape index (κ2) is 5.33. The SMILES string of the molecule is C=CCC[C@@H](N)c1cc(Br)cc(C)c1O. The first-order valence-electron chi connectivity index (χ1n) is 4.91. The Morgan fingerprint density at radius 3 is 2.87 bits per heavy atom. The molecule has 0 heterocycles. The third-order valence-electron chi connectivity index (χ3n) is 2.38. The normalized spacial score (nSPS) is 12.5. The Labute approximate surface area is 98.9 Å². The largest absolute Gasteiger partial charge is 0.507 e. The number of rotatable bonds is 4. The number of phenols is 1. The van der Waals surface area contributed by atoms with E-state index in [0.717, 1.165) is 28.4 Å². The number of phenolic OH excluding ortho intramolecular Hbond substituents is 1. The van der Waals surface area contributed by atoms with Crippen LogP contribution in [0.2, 0.25) is 0 Å². The van der Waals surface area contributed by atoms with Gasteiger partial charge in [0, 0.05) is 16.1 Å². The lowest BCUT2D eigenvalue weighted by atomic mass is 10.00. The highest BCUT2D eigenvalue weighted by Crippen LogP contribution is 2.32. The second-order valence-electron chi connectivity index (χ2n) is 3.63. The van der Waals surface area contributed by atoms with Gasteiger partial charge in [0.2, 0.25) is 0 Å². The van der Waals surface area contributed by atoms with E-state index in [1.807, 2.05) is 25.1 Å². The summed E-state index contributed by atoms with van der Waals surface area (Å²) in [5.41, 5.74) is 7.63. The van der Waals surface area contributed by atoms with Crippen LogP contribution in [0.25, 0.3) is 0 Å². The third-order valence-corrected chi connectivity index (χ3v) is 2.83. The van der Waals surface area contributed by atoms with E-state index in [1.54, 1.807) is 0 Å². The van der Waals surface area contributed by atoms with Crippen LogP contribution < -0.4 is 5.73 Å². The maximum Gasteiger partial charge on any atom is 0.123 e. The smallest absolute Gasteiger partial charge is 0.123 e. The van der Waals surface area contributed by atoms with Crippen molar-refractivity contribution < 1.29 is 5.11 Å². The number of allylic oxidation sites excluding steroid dienone is 1. The number of aromatic hydroxyl groups is 1. The average molecular weight is 270 g/mol. The molecule has 3 heteroatoms. The lowest BCUT2D eigenvalue weighted by molar-refractivity contribution is 0.454. The zero-order valence-corrected chi connectivity index (χ0v) is 10.4. The van der Waals surface area contributed by atoms with Gasteiger partial charge in [-0.05, 0) is 37.5 Å². The van der Waals surface area contributed by atoms with Gasteiger partial charge < -0.3 is 10.8 Å². The van der Waals surface area contributed by atoms with Gasteiger partial charge in [-0.25, -0.2) is 0 Å². The van der Waals surface area contributed by atoms with Crippen LogP contribution in [-0.4, -0.2) is 5.11 Å². The molecule has 0 radical (unpaired) electrons. The molecule has 1 atom stereocenters. The maximum atomic E-state index is 9.87. The van der Waals surface area contributed by atoms with Crippen LogP contribution in [0.3, 0.4) is 0 Å². The molecular formula is C12H16BrNO. The van der Waals surface area contributed by atoms with Crippen molar-refractivity contribution in [3.8, 4) is 5.75 Å². The summed E-state index contributed by atoms with van der Waals surface area (Å²) in [5.74, 6) is 0.301. The van der Waals surface area contributed by atoms with Crippen LogP contribution in [0.15, 0.2) is 29.3 Å². The molecule has 0 amide bonds. The Kier molecular flexibility index (Phi) is 4.36. The molecule has 15 heavy (non-hydrogen) atoms. The van der Waals surface area contributed by atoms with E-state index in [-0.39, 0.29) is 6.04 Å². The van der Waals surface area contributed by atoms with Crippen molar-refractivity contribution in [1.29, 1.82) is 0 Å². The molecule has 3 N–H and O–H groups in total. The molecule has 1 rings (SSSR count). The van der Waals surface area contributed by atoms with E-state index in [0.29, 0.717) is 5.75 Å². The minimum absolute atomic E-state index is 0.140. The Morgan fingerprint density at radius 1 is 1.60 bits per heavy atom. The Morgan fingerprint density at radius 2 is 2.27 bits per heavy atom. The zero-order chi connectivity index (χ0) is 11.4. The van der Waals surface area contributed by atoms with Crippen molar-refractivity contribution in [1.82, 2.24) is 0 Å². The predicted octanol–water partition coefficient (Wildman–Crippen LogP) is 3.43. The number of nitrogens with two attached hydrogens (primary N) is 1. The molecule has 0 unspecified atom stereocenters. The number of hydrogen-bond donors (Lipinski definition) is 2. The van der Waals surface area contributed by atoms with Crippen molar-refractivity contribution in [2.45, 2.75) is 25.8 Å². The summed E-state index contributed by atoms with van der Waals surface area (Å²) in [7, 11) is 0. The van der Waals surface area contributed by atoms with Gasteiger partial charge in [-0.3, -0.25) is 0 Å². The van der Waals surface area contributed by atoms with E-state index in [9.17, 15) is 5.11 Å². The molecular weight excluding hydrogens is 254 g/mol. The fourth-order valence-electron chi connectivity index (χ4n) is 1.50. The maximum absolute atomic E-state index is 9.87. The molecule has 0 saturated heterocycles. The fraction of sp³-hybridized carbons (Fsp3) is 0.333. The minimum Gasteiger partial charge on any atom is -0.507 e. The first-order valence-corrected chi connectivity index (χ1v) is 5.71. The topological polar surface area (TPSA) is 46.2 Å². The summed E-state index contributed by atoms with van der Waals surface area (Å²) in [6.07, 6.45) is 3.49. The molecule has 0 aliphatic carbocycles. The Balaban J connectivity index is 2.96. The molecule has 0 spiro atoms. The fourth-order valence-corrected chi connectivity index (χ4v) is 2.09. The van der Waals surface area contributed by atoms with Gasteiger partial charge in [0.25, 0.3) is 0 Å². The van der Waals surface area contributed by atoms with E-state index in [1.165, 1.54) is 0 Å². The monoisotopic (exact) mass is 269 g/mol. The van der Waals surface area contributed by atoms with Gasteiger partial charge >= 0.3 is 0 Å². The van der Waals surface area contributed by atoms with E-state index in [2.05, 4.69) is 22.5 Å². The number of hydrogen-bond acceptors (Lipinski definition) is 2. The summed E-state index contributed by atoms with van der Waals surface area (Å²) >= 11 is 3.40. The van der Waals surface area contributed by atoms with Crippen LogP contribution >= 0.6 is 15.9 Å². The van der Waals surface area contributed by atoms with Crippen LogP contribution in [0, 0.1) is 6.92 Å². The van der Waals surface area contributed by atoms with Crippen LogP contribution in [0.5, 0.6) is 5.75 Å². The van der Waals surface area contributed by atoms with Gasteiger partial charge in [-0.15, -0.1) is 6.58 Å². The van der Waals surface area contributed by atoms with Gasteiger partial charge in [0.15, 0.2) is 0 Å². The number of benzene rings is 1. The molecule has 1 aromatic rings. The lowest BCUT2D eigenvalue weighted by Gasteiger charge is -2.14. The number of halogens is 1. The van der Waals surface area contributed by atoms with Crippen LogP contribution in [0.4, 0.5) is 0 Å². The molecule has 82 valence electrons. The van der Waals surface area contributed by atoms with E-state index in [4.69, 9.17) is 5.73 Å². The molecule has 0 bridgehead atoms. The third kappa shape index (κ3) is 3.08. The molecule has 0 saturated carbocycles. The van der Waals surface area contributed by atoms with Crippen molar-refractivity contribution >= 4 is 15.9 Å². The first-order chi connectivity index (χ1) is 7.06. The van der Waals surface area contributed by atoms with E-state index >= 15 is 0 Å². The molecule has 2 nitrogen and oxygen atoms in total. The molecule has 0 fully saturated rings. The zero-order valence-electron chi connectivity index (χ0n) is 8.83. The van der Waals surface area contributed by atoms with Gasteiger partial charge in [-0.2, -0.15) is 0 Å². The molecule has 0 aliphatic heterocycles. The highest BCUT2D eigenvalue weighted by atomic mass is 79.9. The predicted molar refractivity (Wildman–Crippen MR) is 66.9 cm³/mol. The Hall–Kier alpha value is -0.800. The quantitative estimate of drug-likeness (QED) is 0.823. The lowest BCUT2D eigenvalue weighted by Crippen LogP contribution is -2.10. The highest BCUT2D eigenvalue weighted by Gasteiger charge is 2.12. The molecule has 1 aromatic carbocycles. The average Bonchev–Trinajstić information content (AvgIpc) is 2.19. The van der Waals surface area contributed by atoms with Gasteiger partial charge in [0.05, 0.1) is 0 Å². The van der Waals surface area contributed by atoms with Crippen molar-refractivity contribution in [3.05, 3.63) is 40.4 Å². The van der Waals surface area contributed by atoms with Crippen LogP contribution in [0.1, 0.15) is 30.0 Å². The van der Waals surface area contributed by atoms with Gasteiger partial charge in [-0.1, -0.05) is 22.0 Å². The molecule has 0 aromatic heterocycles. The van der Waals surface area contributed by atoms with Crippen molar-refractivity contribution in [2.24, 2.45) is 5.73 Å². The highest BCUT2D eigenvalue weighted by molar-refractivity contribution is 9.10. The summed E-state index contributed by atoms with van der Waals surface area (Å²) in [6.45, 7) is 5.52. The van der Waals surface area contributed by atoms with Crippen molar-refractivity contribution in [2.75, 3.05) is 0 Å². The summed E-state index contributed by atoms with van der Waals surface area (Å²) in [6, 6.07) is 3.61. The summed E-state index contributed by atoms with van der Waals surface area (Å²) in [5, 5.41) is 9.87. The van der Waals surface area contributed by atoms with Crippen LogP contribution in [-0.2, 0) is 0 Å². The summed E-state index contributed by atoms with van der Waals surface area (Å²) < 4.78 is 0.946. The number of aryl methyl sites for hydroxylation is 1. The first kappa shape index (κ1) is 12.3. The molecule has 0 aliphatic rings. The standard InChI is InChI=1S/C12H16BrNO/c1-3-4-5-11(14)10-7-9(13)6-8(2)12(10)15/h3,6-7,11,15H,1,4-5,14H2,2H3/t11-/m1/s1. The van der Waals surface area contributed by atoms with Gasteiger partial charge in [0.1, 0.15) is 5.75 Å². The summed E-state index contributed by atoms with van der Waals surface area (Å²) in [4.78, 5) is 0. The van der Waals surface area contributed by atoms with Crippen molar-refractivity contribution in [3.63, 3.8) is 0 Å². The second-order valence-corrected chi connectivity index (χ2v) is 4.55. The minimum atomic E-state index is -0.140. The Bertz CT molecular complexity index is 363.